The molecule has 2 saturated heterocycles. The molecule has 140 valence electrons. The first-order chi connectivity index (χ1) is 12.6. The zero-order chi connectivity index (χ0) is 18.1. The minimum Gasteiger partial charge on any atom is -0.342 e. The van der Waals surface area contributed by atoms with Gasteiger partial charge in [-0.25, -0.2) is 0 Å². The van der Waals surface area contributed by atoms with Crippen LogP contribution in [0.5, 0.6) is 0 Å². The van der Waals surface area contributed by atoms with E-state index >= 15 is 0 Å². The van der Waals surface area contributed by atoms with E-state index in [1.807, 2.05) is 30.1 Å². The third-order valence-corrected chi connectivity index (χ3v) is 6.42. The van der Waals surface area contributed by atoms with Crippen molar-refractivity contribution in [3.8, 4) is 0 Å². The molecule has 0 aromatic heterocycles. The third kappa shape index (κ3) is 3.37. The van der Waals surface area contributed by atoms with E-state index < -0.39 is 0 Å². The zero-order valence-corrected chi connectivity index (χ0v) is 15.6. The fourth-order valence-electron chi connectivity index (χ4n) is 4.72. The number of nitrogens with one attached hydrogen (secondary N) is 1. The lowest BCUT2D eigenvalue weighted by Gasteiger charge is -2.50. The van der Waals surface area contributed by atoms with Gasteiger partial charge in [0, 0.05) is 25.7 Å². The van der Waals surface area contributed by atoms with E-state index in [2.05, 4.69) is 22.3 Å². The first kappa shape index (κ1) is 17.5. The van der Waals surface area contributed by atoms with Crippen LogP contribution in [0.4, 0.5) is 0 Å². The standard InChI is InChI=1S/C21H29N3O2/c1-22-14-19(25)23-11-9-21(10-12-23)13-18(16-5-3-2-4-6-16)20(26)24(15-21)17-7-8-17/h2-6,17-18,22H,7-15H2,1H3/t18-/m1/s1. The molecule has 0 radical (unpaired) electrons. The van der Waals surface area contributed by atoms with E-state index in [0.717, 1.165) is 57.3 Å². The number of likely N-dealkylation sites (tertiary alicyclic amines) is 2. The highest BCUT2D eigenvalue weighted by molar-refractivity contribution is 5.85. The van der Waals surface area contributed by atoms with Crippen molar-refractivity contribution in [2.24, 2.45) is 5.41 Å². The molecule has 1 N–H and O–H groups in total. The van der Waals surface area contributed by atoms with E-state index in [4.69, 9.17) is 0 Å². The number of rotatable bonds is 4. The predicted octanol–water partition coefficient (Wildman–Crippen LogP) is 1.99. The van der Waals surface area contributed by atoms with Crippen LogP contribution >= 0.6 is 0 Å². The Balaban J connectivity index is 1.53. The summed E-state index contributed by atoms with van der Waals surface area (Å²) in [5.41, 5.74) is 1.31. The number of piperidine rings is 2. The number of carbonyl (C=O) groups is 2. The predicted molar refractivity (Wildman–Crippen MR) is 101 cm³/mol. The van der Waals surface area contributed by atoms with Gasteiger partial charge < -0.3 is 15.1 Å². The summed E-state index contributed by atoms with van der Waals surface area (Å²) in [4.78, 5) is 29.5. The lowest BCUT2D eigenvalue weighted by Crippen LogP contribution is -2.55. The SMILES string of the molecule is CNCC(=O)N1CCC2(CC1)C[C@H](c1ccccc1)C(=O)N(C1CC1)C2. The van der Waals surface area contributed by atoms with Crippen molar-refractivity contribution in [1.29, 1.82) is 0 Å². The Hall–Kier alpha value is -1.88. The Bertz CT molecular complexity index is 663. The third-order valence-electron chi connectivity index (χ3n) is 6.42. The van der Waals surface area contributed by atoms with Gasteiger partial charge in [0.05, 0.1) is 12.5 Å². The molecule has 2 heterocycles. The molecule has 2 amide bonds. The van der Waals surface area contributed by atoms with Crippen molar-refractivity contribution in [3.63, 3.8) is 0 Å². The maximum atomic E-state index is 13.1. The monoisotopic (exact) mass is 355 g/mol. The summed E-state index contributed by atoms with van der Waals surface area (Å²) in [5.74, 6) is 0.482. The summed E-state index contributed by atoms with van der Waals surface area (Å²) < 4.78 is 0. The van der Waals surface area contributed by atoms with Gasteiger partial charge in [0.15, 0.2) is 0 Å². The highest BCUT2D eigenvalue weighted by Gasteiger charge is 2.49. The lowest BCUT2D eigenvalue weighted by atomic mass is 9.67. The molecule has 5 heteroatoms. The van der Waals surface area contributed by atoms with Gasteiger partial charge in [-0.1, -0.05) is 30.3 Å². The summed E-state index contributed by atoms with van der Waals surface area (Å²) in [6.45, 7) is 2.92. The second kappa shape index (κ2) is 7.03. The summed E-state index contributed by atoms with van der Waals surface area (Å²) in [6, 6.07) is 10.7. The summed E-state index contributed by atoms with van der Waals surface area (Å²) >= 11 is 0. The molecule has 26 heavy (non-hydrogen) atoms. The van der Waals surface area contributed by atoms with Gasteiger partial charge in [-0.05, 0) is 50.1 Å². The van der Waals surface area contributed by atoms with Crippen LogP contribution in [-0.2, 0) is 9.59 Å². The summed E-state index contributed by atoms with van der Waals surface area (Å²) in [6.07, 6.45) is 5.23. The molecule has 2 aliphatic heterocycles. The van der Waals surface area contributed by atoms with E-state index in [1.54, 1.807) is 0 Å². The molecule has 1 aromatic carbocycles. The van der Waals surface area contributed by atoms with Gasteiger partial charge in [0.25, 0.3) is 0 Å². The molecule has 1 aromatic rings. The molecule has 5 nitrogen and oxygen atoms in total. The Labute approximate surface area is 155 Å². The van der Waals surface area contributed by atoms with Crippen LogP contribution in [-0.4, -0.2) is 60.9 Å². The highest BCUT2D eigenvalue weighted by Crippen LogP contribution is 2.48. The number of benzene rings is 1. The Morgan fingerprint density at radius 3 is 2.50 bits per heavy atom. The molecule has 4 rings (SSSR count). The average Bonchev–Trinajstić information content (AvgIpc) is 3.50. The van der Waals surface area contributed by atoms with Gasteiger partial charge in [-0.2, -0.15) is 0 Å². The highest BCUT2D eigenvalue weighted by atomic mass is 16.2. The first-order valence-electron chi connectivity index (χ1n) is 9.90. The molecule has 1 atom stereocenters. The molecular formula is C21H29N3O2. The average molecular weight is 355 g/mol. The normalized spacial score (nSPS) is 25.6. The van der Waals surface area contributed by atoms with Crippen LogP contribution in [0.1, 0.15) is 43.6 Å². The summed E-state index contributed by atoms with van der Waals surface area (Å²) in [5, 5.41) is 2.96. The smallest absolute Gasteiger partial charge is 0.236 e. The van der Waals surface area contributed by atoms with Crippen molar-refractivity contribution >= 4 is 11.8 Å². The van der Waals surface area contributed by atoms with Crippen molar-refractivity contribution in [1.82, 2.24) is 15.1 Å². The van der Waals surface area contributed by atoms with Crippen molar-refractivity contribution in [3.05, 3.63) is 35.9 Å². The van der Waals surface area contributed by atoms with Crippen molar-refractivity contribution in [2.45, 2.75) is 44.1 Å². The van der Waals surface area contributed by atoms with Gasteiger partial charge in [-0.3, -0.25) is 9.59 Å². The zero-order valence-electron chi connectivity index (χ0n) is 15.6. The molecule has 0 unspecified atom stereocenters. The summed E-state index contributed by atoms with van der Waals surface area (Å²) in [7, 11) is 1.81. The maximum absolute atomic E-state index is 13.1. The second-order valence-corrected chi connectivity index (χ2v) is 8.28. The molecule has 1 saturated carbocycles. The lowest BCUT2D eigenvalue weighted by molar-refractivity contribution is -0.145. The second-order valence-electron chi connectivity index (χ2n) is 8.28. The number of hydrogen-bond acceptors (Lipinski definition) is 3. The van der Waals surface area contributed by atoms with Crippen LogP contribution in [0.3, 0.4) is 0 Å². The molecule has 0 bridgehead atoms. The Morgan fingerprint density at radius 1 is 1.19 bits per heavy atom. The van der Waals surface area contributed by atoms with Crippen LogP contribution in [0.15, 0.2) is 30.3 Å². The number of likely N-dealkylation sites (N-methyl/N-ethyl adjacent to an activating group) is 1. The molecular weight excluding hydrogens is 326 g/mol. The first-order valence-corrected chi connectivity index (χ1v) is 9.90. The van der Waals surface area contributed by atoms with Gasteiger partial charge in [0.1, 0.15) is 0 Å². The van der Waals surface area contributed by atoms with Crippen LogP contribution in [0.25, 0.3) is 0 Å². The van der Waals surface area contributed by atoms with Gasteiger partial charge in [0.2, 0.25) is 11.8 Å². The number of carbonyl (C=O) groups excluding carboxylic acids is 2. The molecule has 3 aliphatic rings. The van der Waals surface area contributed by atoms with E-state index in [-0.39, 0.29) is 17.2 Å². The molecule has 1 aliphatic carbocycles. The quantitative estimate of drug-likeness (QED) is 0.899. The van der Waals surface area contributed by atoms with Crippen molar-refractivity contribution in [2.75, 3.05) is 33.2 Å². The number of amides is 2. The minimum atomic E-state index is -0.0230. The fourth-order valence-corrected chi connectivity index (χ4v) is 4.72. The van der Waals surface area contributed by atoms with Crippen molar-refractivity contribution < 1.29 is 9.59 Å². The van der Waals surface area contributed by atoms with E-state index in [0.29, 0.717) is 18.5 Å². The maximum Gasteiger partial charge on any atom is 0.236 e. The fraction of sp³-hybridized carbons (Fsp3) is 0.619. The van der Waals surface area contributed by atoms with Gasteiger partial charge in [-0.15, -0.1) is 0 Å². The molecule has 1 spiro atoms. The topological polar surface area (TPSA) is 52.7 Å². The van der Waals surface area contributed by atoms with Crippen LogP contribution in [0.2, 0.25) is 0 Å². The Morgan fingerprint density at radius 2 is 1.88 bits per heavy atom. The van der Waals surface area contributed by atoms with Crippen LogP contribution < -0.4 is 5.32 Å². The number of hydrogen-bond donors (Lipinski definition) is 1. The van der Waals surface area contributed by atoms with E-state index in [9.17, 15) is 9.59 Å². The Kier molecular flexibility index (Phi) is 4.74. The van der Waals surface area contributed by atoms with E-state index in [1.165, 1.54) is 0 Å². The van der Waals surface area contributed by atoms with Gasteiger partial charge >= 0.3 is 0 Å². The largest absolute Gasteiger partial charge is 0.342 e. The van der Waals surface area contributed by atoms with Crippen LogP contribution in [0, 0.1) is 5.41 Å². The molecule has 3 fully saturated rings. The number of nitrogens with zero attached hydrogens (tertiary/aromatic N) is 2. The minimum absolute atomic E-state index is 0.0230.